The quantitative estimate of drug-likeness (QED) is 0.150. The SMILES string of the molecule is C[C@@H]1[C@H]([C@@H](O)[C@](C)(O)[C@@H]2CC[C@]3(O)[C@H]4C(=NC[C@H](C)O)C(=O)[C@@H]5C[C@@H](O)[C@@H](O)C[C@@]56C[C@@H](C5CCC(N)[NH2+]C5CCCO)C=C[C@@H](C[C@]23C)[C@@H]46)OC[C@@H]1C. The predicted octanol–water partition coefficient (Wildman–Crippen LogP) is 0.667. The van der Waals surface area contributed by atoms with E-state index in [0.29, 0.717) is 38.7 Å². The molecule has 3 unspecified atom stereocenters. The van der Waals surface area contributed by atoms with Gasteiger partial charge in [0.15, 0.2) is 5.78 Å². The van der Waals surface area contributed by atoms with Crippen molar-refractivity contribution in [3.63, 3.8) is 0 Å². The van der Waals surface area contributed by atoms with Crippen LogP contribution in [0.1, 0.15) is 98.8 Å². The Hall–Kier alpha value is -1.32. The molecule has 0 bridgehead atoms. The lowest BCUT2D eigenvalue weighted by atomic mass is 9.38. The number of hydrogen-bond donors (Lipinski definition) is 9. The van der Waals surface area contributed by atoms with Gasteiger partial charge in [-0.1, -0.05) is 32.9 Å². The lowest BCUT2D eigenvalue weighted by molar-refractivity contribution is -0.738. The number of rotatable bonds is 9. The second-order valence-electron chi connectivity index (χ2n) is 19.8. The number of nitrogens with zero attached hydrogens (tertiary/aromatic N) is 1. The lowest BCUT2D eigenvalue weighted by Crippen LogP contribution is -3.00. The molecule has 7 rings (SSSR count). The van der Waals surface area contributed by atoms with Gasteiger partial charge in [0.2, 0.25) is 0 Å². The van der Waals surface area contributed by atoms with Gasteiger partial charge in [-0.25, -0.2) is 0 Å². The molecule has 5 aliphatic carbocycles. The monoisotopic (exact) mass is 761 g/mol. The number of ketones is 1. The van der Waals surface area contributed by atoms with Gasteiger partial charge in [0.05, 0.1) is 53.9 Å². The second-order valence-corrected chi connectivity index (χ2v) is 19.8. The van der Waals surface area contributed by atoms with Crippen molar-refractivity contribution in [2.45, 2.75) is 153 Å². The molecular formula is C42H70N3O9+. The average Bonchev–Trinajstić information content (AvgIpc) is 3.54. The van der Waals surface area contributed by atoms with Crippen LogP contribution in [-0.4, -0.2) is 121 Å². The number of quaternary nitrogens is 1. The molecule has 12 nitrogen and oxygen atoms in total. The van der Waals surface area contributed by atoms with E-state index >= 15 is 4.79 Å². The Labute approximate surface area is 321 Å². The Morgan fingerprint density at radius 3 is 2.48 bits per heavy atom. The molecule has 0 aromatic carbocycles. The normalized spacial score (nSPS) is 51.9. The molecule has 6 fully saturated rings. The van der Waals surface area contributed by atoms with E-state index < -0.39 is 70.3 Å². The number of aliphatic hydroxyl groups is 7. The first kappa shape index (κ1) is 40.9. The first-order valence-electron chi connectivity index (χ1n) is 21.2. The smallest absolute Gasteiger partial charge is 0.180 e. The van der Waals surface area contributed by atoms with Crippen molar-refractivity contribution in [1.29, 1.82) is 0 Å². The van der Waals surface area contributed by atoms with Crippen LogP contribution in [0.4, 0.5) is 0 Å². The molecule has 4 saturated carbocycles. The lowest BCUT2D eigenvalue weighted by Gasteiger charge is -2.66. The van der Waals surface area contributed by atoms with Gasteiger partial charge in [-0.05, 0) is 106 Å². The molecule has 1 spiro atoms. The summed E-state index contributed by atoms with van der Waals surface area (Å²) in [5, 5.41) is 83.2. The maximum atomic E-state index is 15.2. The zero-order valence-corrected chi connectivity index (χ0v) is 33.1. The summed E-state index contributed by atoms with van der Waals surface area (Å²) in [7, 11) is 0. The third kappa shape index (κ3) is 6.32. The molecule has 2 saturated heterocycles. The van der Waals surface area contributed by atoms with Crippen molar-refractivity contribution in [2.24, 2.45) is 74.8 Å². The van der Waals surface area contributed by atoms with E-state index in [2.05, 4.69) is 24.4 Å². The number of ether oxygens (including phenoxy) is 1. The van der Waals surface area contributed by atoms with Crippen LogP contribution in [0.3, 0.4) is 0 Å². The number of fused-ring (bicyclic) bond motifs is 2. The van der Waals surface area contributed by atoms with Crippen LogP contribution in [-0.2, 0) is 9.53 Å². The number of Topliss-reactive ketones (excluding diaryl/α,β-unsaturated/α-hetero) is 1. The number of carbonyl (C=O) groups is 1. The van der Waals surface area contributed by atoms with E-state index in [4.69, 9.17) is 15.5 Å². The van der Waals surface area contributed by atoms with Crippen molar-refractivity contribution >= 4 is 11.5 Å². The van der Waals surface area contributed by atoms with Gasteiger partial charge in [0.1, 0.15) is 12.3 Å². The fraction of sp³-hybridized carbons (Fsp3) is 0.905. The molecule has 11 N–H and O–H groups in total. The average molecular weight is 761 g/mol. The van der Waals surface area contributed by atoms with Crippen molar-refractivity contribution in [3.05, 3.63) is 12.2 Å². The predicted molar refractivity (Wildman–Crippen MR) is 202 cm³/mol. The largest absolute Gasteiger partial charge is 0.396 e. The number of aliphatic hydroxyl groups excluding tert-OH is 5. The van der Waals surface area contributed by atoms with E-state index in [1.807, 2.05) is 13.8 Å². The fourth-order valence-corrected chi connectivity index (χ4v) is 13.9. The Morgan fingerprint density at radius 2 is 1.81 bits per heavy atom. The van der Waals surface area contributed by atoms with Crippen molar-refractivity contribution < 1.29 is 50.6 Å². The number of allylic oxidation sites excluding steroid dienone is 2. The summed E-state index contributed by atoms with van der Waals surface area (Å²) in [4.78, 5) is 20.0. The van der Waals surface area contributed by atoms with Crippen molar-refractivity contribution in [3.8, 4) is 0 Å². The highest BCUT2D eigenvalue weighted by atomic mass is 16.5. The molecule has 2 aliphatic heterocycles. The van der Waals surface area contributed by atoms with Crippen LogP contribution >= 0.6 is 0 Å². The van der Waals surface area contributed by atoms with E-state index in [0.717, 1.165) is 19.3 Å². The molecule has 12 heteroatoms. The minimum atomic E-state index is -1.62. The van der Waals surface area contributed by atoms with Gasteiger partial charge in [-0.2, -0.15) is 0 Å². The van der Waals surface area contributed by atoms with Crippen LogP contribution in [0, 0.1) is 64.1 Å². The van der Waals surface area contributed by atoms with Crippen LogP contribution in [0.15, 0.2) is 17.1 Å². The van der Waals surface area contributed by atoms with Gasteiger partial charge in [-0.3, -0.25) is 15.5 Å². The minimum absolute atomic E-state index is 0.00916. The van der Waals surface area contributed by atoms with Gasteiger partial charge in [0, 0.05) is 49.2 Å². The Morgan fingerprint density at radius 1 is 1.09 bits per heavy atom. The molecule has 0 amide bonds. The van der Waals surface area contributed by atoms with Crippen LogP contribution in [0.2, 0.25) is 0 Å². The van der Waals surface area contributed by atoms with Gasteiger partial charge >= 0.3 is 0 Å². The van der Waals surface area contributed by atoms with E-state index in [1.54, 1.807) is 13.8 Å². The highest BCUT2D eigenvalue weighted by molar-refractivity contribution is 6.42. The summed E-state index contributed by atoms with van der Waals surface area (Å²) in [6.45, 7) is 10.1. The zero-order valence-electron chi connectivity index (χ0n) is 33.1. The number of aliphatic imine (C=N–C) groups is 1. The zero-order chi connectivity index (χ0) is 39.1. The van der Waals surface area contributed by atoms with E-state index in [1.165, 1.54) is 0 Å². The van der Waals surface area contributed by atoms with E-state index in [-0.39, 0.29) is 85.2 Å². The van der Waals surface area contributed by atoms with Crippen molar-refractivity contribution in [2.75, 3.05) is 19.8 Å². The molecule has 54 heavy (non-hydrogen) atoms. The third-order valence-electron chi connectivity index (χ3n) is 16.8. The minimum Gasteiger partial charge on any atom is -0.396 e. The second kappa shape index (κ2) is 14.8. The topological polar surface area (TPSA) is 223 Å². The first-order valence-corrected chi connectivity index (χ1v) is 21.2. The Bertz CT molecular complexity index is 1460. The maximum absolute atomic E-state index is 15.2. The summed E-state index contributed by atoms with van der Waals surface area (Å²) in [5.41, 5.74) is 1.91. The first-order chi connectivity index (χ1) is 25.4. The number of nitrogens with two attached hydrogens (primary N) is 2. The number of piperidine rings is 1. The molecule has 0 aromatic rings. The summed E-state index contributed by atoms with van der Waals surface area (Å²) in [6.07, 6.45) is 5.27. The highest BCUT2D eigenvalue weighted by Crippen LogP contribution is 2.73. The number of hydrogen-bond acceptors (Lipinski definition) is 11. The number of carbonyl (C=O) groups excluding carboxylic acids is 1. The molecule has 7 aliphatic rings. The summed E-state index contributed by atoms with van der Waals surface area (Å²) in [6, 6.07) is 0.174. The van der Waals surface area contributed by atoms with Gasteiger partial charge in [-0.15, -0.1) is 0 Å². The maximum Gasteiger partial charge on any atom is 0.180 e. The molecular weight excluding hydrogens is 690 g/mol. The Kier molecular flexibility index (Phi) is 11.2. The van der Waals surface area contributed by atoms with Crippen LogP contribution < -0.4 is 11.1 Å². The highest BCUT2D eigenvalue weighted by Gasteiger charge is 2.76. The molecule has 20 atom stereocenters. The van der Waals surface area contributed by atoms with Crippen LogP contribution in [0.25, 0.3) is 0 Å². The van der Waals surface area contributed by atoms with Crippen LogP contribution in [0.5, 0.6) is 0 Å². The van der Waals surface area contributed by atoms with Crippen molar-refractivity contribution in [1.82, 2.24) is 0 Å². The van der Waals surface area contributed by atoms with Gasteiger partial charge < -0.3 is 45.8 Å². The summed E-state index contributed by atoms with van der Waals surface area (Å²) in [5.74, 6) is -2.09. The molecule has 2 heterocycles. The van der Waals surface area contributed by atoms with E-state index in [9.17, 15) is 35.7 Å². The van der Waals surface area contributed by atoms with Gasteiger partial charge in [0.25, 0.3) is 0 Å². The fourth-order valence-electron chi connectivity index (χ4n) is 13.9. The molecule has 0 aromatic heterocycles. The Balaban J connectivity index is 1.37. The summed E-state index contributed by atoms with van der Waals surface area (Å²) < 4.78 is 6.08. The molecule has 306 valence electrons. The standard InChI is InChI=1S/C42H69N3O9/c1-21-20-54-37(23(21)3)38(51)40(5,52)31-12-13-42(53)34-33-25(16-39(31,42)4)9-8-24(26-10-11-32(43)45-28(26)7-6-14-46)17-41(33)18-30(49)29(48)15-27(41)36(50)35(34)44-19-22(2)47/h8-9,21-34,37-38,45-49,51-53H,6-7,10-20,43H2,1-5H3/p+1/t21-,22-,23-,24-,25-,26?,27-,28?,29+,30-,31+,32?,33-,34+,37+,38+,39+,40+,41-,42-/m0/s1. The summed E-state index contributed by atoms with van der Waals surface area (Å²) >= 11 is 0. The molecule has 0 radical (unpaired) electrons. The third-order valence-corrected chi connectivity index (χ3v) is 16.8.